The fourth-order valence-corrected chi connectivity index (χ4v) is 4.04. The van der Waals surface area contributed by atoms with Gasteiger partial charge in [0.15, 0.2) is 18.3 Å². The van der Waals surface area contributed by atoms with Crippen molar-refractivity contribution in [2.24, 2.45) is 0 Å². The number of carbonyl (C=O) groups is 2. The zero-order chi connectivity index (χ0) is 19.4. The van der Waals surface area contributed by atoms with Crippen LogP contribution in [0.15, 0.2) is 41.8 Å². The summed E-state index contributed by atoms with van der Waals surface area (Å²) in [6, 6.07) is 11.1. The number of aryl methyl sites for hydroxylation is 1. The van der Waals surface area contributed by atoms with Gasteiger partial charge < -0.3 is 4.74 Å². The zero-order valence-corrected chi connectivity index (χ0v) is 15.8. The van der Waals surface area contributed by atoms with Crippen molar-refractivity contribution in [3.8, 4) is 16.5 Å². The molecule has 1 aromatic carbocycles. The summed E-state index contributed by atoms with van der Waals surface area (Å²) in [5.41, 5.74) is 1.51. The first kappa shape index (κ1) is 18.9. The number of thiazole rings is 1. The number of aromatic nitrogens is 1. The lowest BCUT2D eigenvalue weighted by Gasteiger charge is -2.06. The first-order valence-corrected chi connectivity index (χ1v) is 9.55. The summed E-state index contributed by atoms with van der Waals surface area (Å²) in [6.45, 7) is 1.27. The second-order valence-electron chi connectivity index (χ2n) is 5.60. The van der Waals surface area contributed by atoms with Crippen molar-refractivity contribution >= 4 is 34.4 Å². The molecule has 27 heavy (non-hydrogen) atoms. The number of halogens is 1. The van der Waals surface area contributed by atoms with Crippen LogP contribution < -0.4 is 0 Å². The number of hydrogen-bond acceptors (Lipinski definition) is 7. The van der Waals surface area contributed by atoms with Gasteiger partial charge in [-0.1, -0.05) is 12.1 Å². The zero-order valence-electron chi connectivity index (χ0n) is 14.1. The molecular weight excluding hydrogens is 387 g/mol. The molecule has 3 aromatic rings. The molecule has 8 heteroatoms. The highest BCUT2D eigenvalue weighted by molar-refractivity contribution is 7.17. The van der Waals surface area contributed by atoms with Gasteiger partial charge in [0.05, 0.1) is 6.07 Å². The summed E-state index contributed by atoms with van der Waals surface area (Å²) in [4.78, 5) is 29.6. The average Bonchev–Trinajstić information content (AvgIpc) is 3.31. The first-order chi connectivity index (χ1) is 13.0. The van der Waals surface area contributed by atoms with Crippen LogP contribution >= 0.6 is 22.7 Å². The summed E-state index contributed by atoms with van der Waals surface area (Å²) in [6.07, 6.45) is 0. The van der Waals surface area contributed by atoms with Gasteiger partial charge in [-0.3, -0.25) is 4.79 Å². The fourth-order valence-electron chi connectivity index (χ4n) is 2.28. The van der Waals surface area contributed by atoms with E-state index >= 15 is 0 Å². The molecule has 5 nitrogen and oxygen atoms in total. The van der Waals surface area contributed by atoms with Crippen LogP contribution in [0.25, 0.3) is 10.4 Å². The maximum Gasteiger partial charge on any atom is 0.348 e. The Morgan fingerprint density at radius 1 is 1.26 bits per heavy atom. The first-order valence-electron chi connectivity index (χ1n) is 7.85. The summed E-state index contributed by atoms with van der Waals surface area (Å²) >= 11 is 2.41. The maximum atomic E-state index is 13.0. The number of nitrogens with zero attached hydrogens (tertiary/aromatic N) is 2. The largest absolute Gasteiger partial charge is 0.453 e. The van der Waals surface area contributed by atoms with Crippen molar-refractivity contribution in [3.63, 3.8) is 0 Å². The van der Waals surface area contributed by atoms with Crippen molar-refractivity contribution in [3.05, 3.63) is 63.2 Å². The lowest BCUT2D eigenvalue weighted by Crippen LogP contribution is -2.19. The predicted octanol–water partition coefficient (Wildman–Crippen LogP) is 4.35. The number of esters is 1. The summed E-state index contributed by atoms with van der Waals surface area (Å²) < 4.78 is 18.1. The fraction of sp³-hybridized carbons (Fsp3) is 0.158. The molecule has 0 aliphatic rings. The van der Waals surface area contributed by atoms with Crippen molar-refractivity contribution in [1.82, 2.24) is 4.98 Å². The monoisotopic (exact) mass is 400 g/mol. The minimum absolute atomic E-state index is 0.320. The quantitative estimate of drug-likeness (QED) is 0.575. The van der Waals surface area contributed by atoms with Gasteiger partial charge >= 0.3 is 5.97 Å². The number of carbonyl (C=O) groups excluding carboxylic acids is 2. The van der Waals surface area contributed by atoms with Gasteiger partial charge in [0.25, 0.3) is 0 Å². The molecule has 0 saturated heterocycles. The van der Waals surface area contributed by atoms with Crippen LogP contribution in [0.2, 0.25) is 0 Å². The van der Waals surface area contributed by atoms with E-state index in [1.807, 2.05) is 6.07 Å². The Labute approximate surface area is 162 Å². The standard InChI is InChI=1S/C19H13FN2O3S2/c1-11-10-26-18(22-11)14(8-21)15(23)9-25-19(24)17-7-6-16(27-17)12-2-4-13(20)5-3-12/h2-7,10,14H,9H2,1H3/t14-/m0/s1. The topological polar surface area (TPSA) is 80.0 Å². The van der Waals surface area contributed by atoms with Gasteiger partial charge in [-0.05, 0) is 36.8 Å². The van der Waals surface area contributed by atoms with Gasteiger partial charge in [0.1, 0.15) is 15.7 Å². The highest BCUT2D eigenvalue weighted by Gasteiger charge is 2.25. The van der Waals surface area contributed by atoms with Gasteiger partial charge in [-0.2, -0.15) is 5.26 Å². The van der Waals surface area contributed by atoms with Crippen molar-refractivity contribution < 1.29 is 18.7 Å². The van der Waals surface area contributed by atoms with Crippen LogP contribution in [0.3, 0.4) is 0 Å². The van der Waals surface area contributed by atoms with E-state index in [0.29, 0.717) is 9.88 Å². The SMILES string of the molecule is Cc1csc([C@@H](C#N)C(=O)COC(=O)c2ccc(-c3ccc(F)cc3)s2)n1. The van der Waals surface area contributed by atoms with Crippen LogP contribution in [-0.4, -0.2) is 23.3 Å². The lowest BCUT2D eigenvalue weighted by molar-refractivity contribution is -0.122. The van der Waals surface area contributed by atoms with Crippen LogP contribution in [0.1, 0.15) is 26.3 Å². The molecule has 0 spiro atoms. The van der Waals surface area contributed by atoms with E-state index in [1.165, 1.54) is 34.8 Å². The van der Waals surface area contributed by atoms with Crippen molar-refractivity contribution in [1.29, 1.82) is 5.26 Å². The Kier molecular flexibility index (Phi) is 5.74. The van der Waals surface area contributed by atoms with Crippen molar-refractivity contribution in [2.75, 3.05) is 6.61 Å². The molecule has 0 aliphatic heterocycles. The number of benzene rings is 1. The van der Waals surface area contributed by atoms with Crippen molar-refractivity contribution in [2.45, 2.75) is 12.8 Å². The summed E-state index contributed by atoms with van der Waals surface area (Å²) in [5.74, 6) is -2.55. The number of thiophene rings is 1. The maximum absolute atomic E-state index is 13.0. The molecule has 0 fully saturated rings. The van der Waals surface area contributed by atoms with Gasteiger partial charge in [-0.25, -0.2) is 14.2 Å². The molecule has 0 bridgehead atoms. The normalized spacial score (nSPS) is 11.6. The molecule has 2 aromatic heterocycles. The number of nitriles is 1. The molecule has 2 heterocycles. The Morgan fingerprint density at radius 2 is 2.00 bits per heavy atom. The van der Waals surface area contributed by atoms with E-state index in [2.05, 4.69) is 4.98 Å². The third kappa shape index (κ3) is 4.45. The van der Waals surface area contributed by atoms with E-state index in [9.17, 15) is 19.2 Å². The number of ether oxygens (including phenoxy) is 1. The van der Waals surface area contributed by atoms with E-state index < -0.39 is 24.3 Å². The Hall–Kier alpha value is -2.89. The summed E-state index contributed by atoms with van der Waals surface area (Å²) in [7, 11) is 0. The number of rotatable bonds is 6. The van der Waals surface area contributed by atoms with Crippen LogP contribution in [0.5, 0.6) is 0 Å². The average molecular weight is 400 g/mol. The number of Topliss-reactive ketones (excluding diaryl/α,β-unsaturated/α-hetero) is 1. The number of hydrogen-bond donors (Lipinski definition) is 0. The Bertz CT molecular complexity index is 1020. The molecule has 0 saturated carbocycles. The highest BCUT2D eigenvalue weighted by Crippen LogP contribution is 2.29. The molecule has 1 atom stereocenters. The predicted molar refractivity (Wildman–Crippen MR) is 100 cm³/mol. The number of ketones is 1. The van der Waals surface area contributed by atoms with Gasteiger partial charge in [-0.15, -0.1) is 22.7 Å². The van der Waals surface area contributed by atoms with Gasteiger partial charge in [0.2, 0.25) is 0 Å². The second kappa shape index (κ2) is 8.20. The summed E-state index contributed by atoms with van der Waals surface area (Å²) in [5, 5.41) is 11.4. The van der Waals surface area contributed by atoms with E-state index in [0.717, 1.165) is 16.1 Å². The van der Waals surface area contributed by atoms with Gasteiger partial charge in [0, 0.05) is 16.0 Å². The molecular formula is C19H13FN2O3S2. The third-order valence-corrected chi connectivity index (χ3v) is 5.76. The molecule has 0 aliphatic carbocycles. The van der Waals surface area contributed by atoms with Crippen LogP contribution in [0.4, 0.5) is 4.39 Å². The lowest BCUT2D eigenvalue weighted by atomic mass is 10.1. The molecule has 0 radical (unpaired) electrons. The van der Waals surface area contributed by atoms with E-state index in [-0.39, 0.29) is 5.82 Å². The molecule has 136 valence electrons. The Balaban J connectivity index is 1.63. The molecule has 0 amide bonds. The molecule has 3 rings (SSSR count). The van der Waals surface area contributed by atoms with Crippen LogP contribution in [-0.2, 0) is 9.53 Å². The van der Waals surface area contributed by atoms with E-state index in [4.69, 9.17) is 4.74 Å². The smallest absolute Gasteiger partial charge is 0.348 e. The van der Waals surface area contributed by atoms with E-state index in [1.54, 1.807) is 36.6 Å². The molecule has 0 unspecified atom stereocenters. The minimum Gasteiger partial charge on any atom is -0.453 e. The second-order valence-corrected chi connectivity index (χ2v) is 7.58. The molecule has 0 N–H and O–H groups in total. The minimum atomic E-state index is -1.05. The third-order valence-electron chi connectivity index (χ3n) is 3.62. The Morgan fingerprint density at radius 3 is 2.63 bits per heavy atom. The van der Waals surface area contributed by atoms with Crippen LogP contribution in [0, 0.1) is 24.1 Å². The highest BCUT2D eigenvalue weighted by atomic mass is 32.1.